The Kier molecular flexibility index (Phi) is 6.53. The van der Waals surface area contributed by atoms with Crippen LogP contribution in [0.3, 0.4) is 0 Å². The lowest BCUT2D eigenvalue weighted by Gasteiger charge is -2.35. The van der Waals surface area contributed by atoms with Gasteiger partial charge in [0.25, 0.3) is 0 Å². The van der Waals surface area contributed by atoms with Crippen LogP contribution in [0.1, 0.15) is 31.4 Å². The molecule has 0 amide bonds. The highest BCUT2D eigenvalue weighted by Gasteiger charge is 2.23. The fourth-order valence-electron chi connectivity index (χ4n) is 4.58. The number of likely N-dealkylation sites (tertiary alicyclic amines) is 1. The van der Waals surface area contributed by atoms with Crippen LogP contribution in [0, 0.1) is 5.82 Å². The predicted molar refractivity (Wildman–Crippen MR) is 127 cm³/mol. The minimum Gasteiger partial charge on any atom is -0.477 e. The minimum atomic E-state index is -0.254. The van der Waals surface area contributed by atoms with Crippen molar-refractivity contribution in [2.45, 2.75) is 38.3 Å². The molecular formula is C27H27FN4O. The summed E-state index contributed by atoms with van der Waals surface area (Å²) < 4.78 is 19.9. The average Bonchev–Trinajstić information content (AvgIpc) is 2.85. The number of ether oxygens (including phenoxy) is 1. The summed E-state index contributed by atoms with van der Waals surface area (Å²) in [5.74, 6) is 0.321. The summed E-state index contributed by atoms with van der Waals surface area (Å²) in [7, 11) is 0. The van der Waals surface area contributed by atoms with Crippen LogP contribution in [0.15, 0.2) is 73.2 Å². The van der Waals surface area contributed by atoms with Crippen molar-refractivity contribution in [1.29, 1.82) is 0 Å². The Bertz CT molecular complexity index is 1220. The highest BCUT2D eigenvalue weighted by Crippen LogP contribution is 2.29. The Labute approximate surface area is 193 Å². The molecule has 0 radical (unpaired) electrons. The molecule has 6 heteroatoms. The second-order valence-electron chi connectivity index (χ2n) is 8.50. The van der Waals surface area contributed by atoms with Gasteiger partial charge in [-0.05, 0) is 73.3 Å². The van der Waals surface area contributed by atoms with Gasteiger partial charge in [0.05, 0.1) is 23.2 Å². The van der Waals surface area contributed by atoms with Crippen molar-refractivity contribution in [2.24, 2.45) is 0 Å². The van der Waals surface area contributed by atoms with Gasteiger partial charge in [-0.2, -0.15) is 0 Å². The summed E-state index contributed by atoms with van der Waals surface area (Å²) in [4.78, 5) is 15.8. The second kappa shape index (κ2) is 10.0. The van der Waals surface area contributed by atoms with Crippen LogP contribution >= 0.6 is 0 Å². The summed E-state index contributed by atoms with van der Waals surface area (Å²) in [6.07, 6.45) is 7.97. The van der Waals surface area contributed by atoms with E-state index in [0.717, 1.165) is 47.2 Å². The predicted octanol–water partition coefficient (Wildman–Crippen LogP) is 5.65. The van der Waals surface area contributed by atoms with Crippen molar-refractivity contribution >= 4 is 10.9 Å². The van der Waals surface area contributed by atoms with Crippen molar-refractivity contribution < 1.29 is 9.13 Å². The average molecular weight is 443 g/mol. The van der Waals surface area contributed by atoms with Crippen LogP contribution in [-0.2, 0) is 6.54 Å². The Hall–Kier alpha value is -3.38. The molecule has 2 aromatic carbocycles. The molecule has 2 aromatic heterocycles. The first-order valence-corrected chi connectivity index (χ1v) is 11.5. The van der Waals surface area contributed by atoms with Crippen LogP contribution in [0.25, 0.3) is 22.0 Å². The smallest absolute Gasteiger partial charge is 0.224 e. The number of benzene rings is 2. The Morgan fingerprint density at radius 2 is 1.88 bits per heavy atom. The highest BCUT2D eigenvalue weighted by atomic mass is 19.1. The lowest BCUT2D eigenvalue weighted by atomic mass is 9.99. The van der Waals surface area contributed by atoms with E-state index in [-0.39, 0.29) is 5.82 Å². The SMILES string of the molecule is Fc1cccc(-c2ccc3ncnc(OCCC4CCCCN4Cc4ccccn4)c3c2)c1. The van der Waals surface area contributed by atoms with Gasteiger partial charge in [0, 0.05) is 18.8 Å². The van der Waals surface area contributed by atoms with Crippen LogP contribution in [0.5, 0.6) is 5.88 Å². The number of pyridine rings is 1. The molecule has 1 aliphatic heterocycles. The number of halogens is 1. The molecule has 5 rings (SSSR count). The third kappa shape index (κ3) is 5.17. The molecular weight excluding hydrogens is 415 g/mol. The molecule has 1 saturated heterocycles. The molecule has 33 heavy (non-hydrogen) atoms. The second-order valence-corrected chi connectivity index (χ2v) is 8.50. The van der Waals surface area contributed by atoms with Crippen LogP contribution in [0.4, 0.5) is 4.39 Å². The zero-order chi connectivity index (χ0) is 22.5. The monoisotopic (exact) mass is 442 g/mol. The van der Waals surface area contributed by atoms with Crippen molar-refractivity contribution in [3.8, 4) is 17.0 Å². The lowest BCUT2D eigenvalue weighted by molar-refractivity contribution is 0.114. The maximum absolute atomic E-state index is 13.7. The molecule has 1 atom stereocenters. The molecule has 4 aromatic rings. The van der Waals surface area contributed by atoms with E-state index in [4.69, 9.17) is 4.74 Å². The van der Waals surface area contributed by atoms with E-state index in [2.05, 4.69) is 25.9 Å². The maximum Gasteiger partial charge on any atom is 0.224 e. The van der Waals surface area contributed by atoms with Crippen LogP contribution in [-0.4, -0.2) is 39.0 Å². The molecule has 0 N–H and O–H groups in total. The molecule has 3 heterocycles. The Balaban J connectivity index is 1.29. The van der Waals surface area contributed by atoms with Gasteiger partial charge in [0.2, 0.25) is 5.88 Å². The van der Waals surface area contributed by atoms with E-state index in [9.17, 15) is 4.39 Å². The summed E-state index contributed by atoms with van der Waals surface area (Å²) in [6.45, 7) is 2.55. The van der Waals surface area contributed by atoms with Gasteiger partial charge in [0.1, 0.15) is 12.1 Å². The molecule has 1 aliphatic rings. The number of aromatic nitrogens is 3. The van der Waals surface area contributed by atoms with Gasteiger partial charge in [0.15, 0.2) is 0 Å². The van der Waals surface area contributed by atoms with E-state index in [0.29, 0.717) is 18.5 Å². The fraction of sp³-hybridized carbons (Fsp3) is 0.296. The van der Waals surface area contributed by atoms with Crippen molar-refractivity contribution in [2.75, 3.05) is 13.2 Å². The topological polar surface area (TPSA) is 51.1 Å². The van der Waals surface area contributed by atoms with Crippen molar-refractivity contribution in [1.82, 2.24) is 19.9 Å². The normalized spacial score (nSPS) is 16.7. The molecule has 0 aliphatic carbocycles. The number of rotatable bonds is 7. The standard InChI is InChI=1S/C27H27FN4O/c28-22-7-5-6-20(16-22)21-10-11-26-25(17-21)27(31-19-30-26)33-15-12-24-9-2-4-14-32(24)18-23-8-1-3-13-29-23/h1,3,5-8,10-11,13,16-17,19,24H,2,4,9,12,14-15,18H2. The summed E-state index contributed by atoms with van der Waals surface area (Å²) in [5.41, 5.74) is 3.65. The highest BCUT2D eigenvalue weighted by molar-refractivity contribution is 5.88. The van der Waals surface area contributed by atoms with E-state index < -0.39 is 0 Å². The molecule has 0 saturated carbocycles. The quantitative estimate of drug-likeness (QED) is 0.370. The van der Waals surface area contributed by atoms with E-state index >= 15 is 0 Å². The summed E-state index contributed by atoms with van der Waals surface area (Å²) >= 11 is 0. The minimum absolute atomic E-state index is 0.254. The number of piperidine rings is 1. The first kappa shape index (κ1) is 21.5. The van der Waals surface area contributed by atoms with Crippen LogP contribution < -0.4 is 4.74 Å². The molecule has 1 fully saturated rings. The zero-order valence-corrected chi connectivity index (χ0v) is 18.5. The largest absolute Gasteiger partial charge is 0.477 e. The molecule has 5 nitrogen and oxygen atoms in total. The first-order chi connectivity index (χ1) is 16.3. The third-order valence-electron chi connectivity index (χ3n) is 6.29. The Morgan fingerprint density at radius 3 is 2.76 bits per heavy atom. The van der Waals surface area contributed by atoms with Gasteiger partial charge in [-0.3, -0.25) is 9.88 Å². The zero-order valence-electron chi connectivity index (χ0n) is 18.5. The van der Waals surface area contributed by atoms with Gasteiger partial charge in [-0.25, -0.2) is 14.4 Å². The molecule has 168 valence electrons. The molecule has 0 spiro atoms. The number of nitrogens with zero attached hydrogens (tertiary/aromatic N) is 4. The van der Waals surface area contributed by atoms with E-state index in [1.807, 2.05) is 42.6 Å². The maximum atomic E-state index is 13.7. The van der Waals surface area contributed by atoms with Gasteiger partial charge in [-0.15, -0.1) is 0 Å². The van der Waals surface area contributed by atoms with Gasteiger partial charge in [-0.1, -0.05) is 30.7 Å². The Morgan fingerprint density at radius 1 is 0.939 bits per heavy atom. The van der Waals surface area contributed by atoms with Crippen molar-refractivity contribution in [3.63, 3.8) is 0 Å². The van der Waals surface area contributed by atoms with Crippen LogP contribution in [0.2, 0.25) is 0 Å². The summed E-state index contributed by atoms with van der Waals surface area (Å²) in [5, 5.41) is 0.841. The lowest BCUT2D eigenvalue weighted by Crippen LogP contribution is -2.40. The third-order valence-corrected chi connectivity index (χ3v) is 6.29. The van der Waals surface area contributed by atoms with E-state index in [1.54, 1.807) is 6.07 Å². The van der Waals surface area contributed by atoms with E-state index in [1.165, 1.54) is 37.7 Å². The number of hydrogen-bond acceptors (Lipinski definition) is 5. The van der Waals surface area contributed by atoms with Gasteiger partial charge >= 0.3 is 0 Å². The summed E-state index contributed by atoms with van der Waals surface area (Å²) in [6, 6.07) is 19.0. The molecule has 0 bridgehead atoms. The van der Waals surface area contributed by atoms with Crippen molar-refractivity contribution in [3.05, 3.63) is 84.7 Å². The number of fused-ring (bicyclic) bond motifs is 1. The molecule has 1 unspecified atom stereocenters. The van der Waals surface area contributed by atoms with Gasteiger partial charge < -0.3 is 4.74 Å². The fourth-order valence-corrected chi connectivity index (χ4v) is 4.58. The first-order valence-electron chi connectivity index (χ1n) is 11.5. The number of hydrogen-bond donors (Lipinski definition) is 0.